The summed E-state index contributed by atoms with van der Waals surface area (Å²) in [7, 11) is 0. The third-order valence-corrected chi connectivity index (χ3v) is 2.28. The molecule has 0 radical (unpaired) electrons. The minimum atomic E-state index is -0.811. The Balaban J connectivity index is 2.24. The van der Waals surface area contributed by atoms with Crippen molar-refractivity contribution >= 4 is 17.6 Å². The Labute approximate surface area is 112 Å². The van der Waals surface area contributed by atoms with E-state index in [0.717, 1.165) is 6.07 Å². The molecule has 104 valence electrons. The van der Waals surface area contributed by atoms with E-state index in [4.69, 9.17) is 5.73 Å². The zero-order valence-corrected chi connectivity index (χ0v) is 10.4. The smallest absolute Gasteiger partial charge is 0.252 e. The predicted molar refractivity (Wildman–Crippen MR) is 70.9 cm³/mol. The van der Waals surface area contributed by atoms with Crippen LogP contribution in [0.5, 0.6) is 0 Å². The number of aromatic amines is 1. The normalized spacial score (nSPS) is 11.4. The molecule has 0 aliphatic rings. The monoisotopic (exact) mass is 279 g/mol. The Morgan fingerprint density at radius 2 is 2.15 bits per heavy atom. The van der Waals surface area contributed by atoms with Crippen LogP contribution in [0.3, 0.4) is 0 Å². The molecule has 1 aromatic carbocycles. The van der Waals surface area contributed by atoms with Gasteiger partial charge in [0.2, 0.25) is 11.9 Å². The average molecular weight is 279 g/mol. The minimum absolute atomic E-state index is 0.0116. The summed E-state index contributed by atoms with van der Waals surface area (Å²) in [6.07, 6.45) is 0. The number of halogens is 2. The Morgan fingerprint density at radius 1 is 1.40 bits per heavy atom. The SMILES string of the molecule is Cc1cc(=O)[nH]c(/N=C(\N)Nc2ccc(F)cc2F)n1. The molecule has 0 unspecified atom stereocenters. The van der Waals surface area contributed by atoms with Crippen molar-refractivity contribution in [3.05, 3.63) is 51.9 Å². The lowest BCUT2D eigenvalue weighted by molar-refractivity contribution is 0.586. The minimum Gasteiger partial charge on any atom is -0.369 e. The second-order valence-corrected chi connectivity index (χ2v) is 3.96. The number of guanidine groups is 1. The lowest BCUT2D eigenvalue weighted by atomic mass is 10.3. The maximum atomic E-state index is 13.4. The number of rotatable bonds is 2. The molecule has 2 rings (SSSR count). The van der Waals surface area contributed by atoms with Crippen LogP contribution in [0.25, 0.3) is 0 Å². The summed E-state index contributed by atoms with van der Waals surface area (Å²) in [5, 5.41) is 2.45. The number of benzene rings is 1. The quantitative estimate of drug-likeness (QED) is 0.572. The van der Waals surface area contributed by atoms with E-state index < -0.39 is 11.6 Å². The van der Waals surface area contributed by atoms with Gasteiger partial charge in [-0.05, 0) is 19.1 Å². The standard InChI is InChI=1S/C12H11F2N5O/c1-6-4-10(20)18-12(16-6)19-11(15)17-9-3-2-7(13)5-8(9)14/h2-5H,1H3,(H4,15,16,17,18,19,20). The molecule has 8 heteroatoms. The molecular formula is C12H11F2N5O. The summed E-state index contributed by atoms with van der Waals surface area (Å²) in [6.45, 7) is 1.62. The molecule has 2 aromatic rings. The van der Waals surface area contributed by atoms with E-state index in [0.29, 0.717) is 11.8 Å². The zero-order valence-electron chi connectivity index (χ0n) is 10.4. The largest absolute Gasteiger partial charge is 0.369 e. The fraction of sp³-hybridized carbons (Fsp3) is 0.0833. The summed E-state index contributed by atoms with van der Waals surface area (Å²) in [5.41, 5.74) is 5.61. The number of hydrogen-bond acceptors (Lipinski definition) is 3. The van der Waals surface area contributed by atoms with Crippen LogP contribution in [-0.2, 0) is 0 Å². The Kier molecular flexibility index (Phi) is 3.74. The van der Waals surface area contributed by atoms with E-state index in [1.165, 1.54) is 12.1 Å². The summed E-state index contributed by atoms with van der Waals surface area (Å²) in [5.74, 6) is -1.71. The fourth-order valence-corrected chi connectivity index (χ4v) is 1.49. The van der Waals surface area contributed by atoms with Gasteiger partial charge in [0.05, 0.1) is 5.69 Å². The van der Waals surface area contributed by atoms with Gasteiger partial charge in [-0.3, -0.25) is 9.78 Å². The molecule has 0 amide bonds. The Morgan fingerprint density at radius 3 is 2.80 bits per heavy atom. The predicted octanol–water partition coefficient (Wildman–Crippen LogP) is 1.41. The van der Waals surface area contributed by atoms with Crippen molar-refractivity contribution in [1.82, 2.24) is 9.97 Å². The van der Waals surface area contributed by atoms with Gasteiger partial charge in [0.25, 0.3) is 5.56 Å². The molecule has 20 heavy (non-hydrogen) atoms. The van der Waals surface area contributed by atoms with E-state index in [1.807, 2.05) is 0 Å². The lowest BCUT2D eigenvalue weighted by Crippen LogP contribution is -2.23. The second kappa shape index (κ2) is 5.47. The first-order chi connectivity index (χ1) is 9.44. The number of aromatic nitrogens is 2. The maximum absolute atomic E-state index is 13.4. The second-order valence-electron chi connectivity index (χ2n) is 3.96. The van der Waals surface area contributed by atoms with Crippen LogP contribution in [0.4, 0.5) is 20.4 Å². The van der Waals surface area contributed by atoms with Gasteiger partial charge in [-0.15, -0.1) is 0 Å². The lowest BCUT2D eigenvalue weighted by Gasteiger charge is -2.06. The number of aryl methyl sites for hydroxylation is 1. The van der Waals surface area contributed by atoms with E-state index in [2.05, 4.69) is 20.3 Å². The van der Waals surface area contributed by atoms with E-state index in [1.54, 1.807) is 6.92 Å². The van der Waals surface area contributed by atoms with Gasteiger partial charge < -0.3 is 11.1 Å². The Hall–Kier alpha value is -2.77. The van der Waals surface area contributed by atoms with Crippen molar-refractivity contribution in [1.29, 1.82) is 0 Å². The molecule has 4 N–H and O–H groups in total. The van der Waals surface area contributed by atoms with Crippen LogP contribution in [0.2, 0.25) is 0 Å². The number of nitrogens with two attached hydrogens (primary N) is 1. The van der Waals surface area contributed by atoms with E-state index in [9.17, 15) is 13.6 Å². The first-order valence-electron chi connectivity index (χ1n) is 5.58. The summed E-state index contributed by atoms with van der Waals surface area (Å²) in [4.78, 5) is 21.3. The zero-order chi connectivity index (χ0) is 14.7. The molecule has 0 saturated heterocycles. The maximum Gasteiger partial charge on any atom is 0.252 e. The molecule has 0 fully saturated rings. The molecule has 1 heterocycles. The van der Waals surface area contributed by atoms with Gasteiger partial charge in [-0.1, -0.05) is 0 Å². The Bertz CT molecular complexity index is 726. The van der Waals surface area contributed by atoms with Crippen LogP contribution in [0.1, 0.15) is 5.69 Å². The average Bonchev–Trinajstić information content (AvgIpc) is 2.31. The molecule has 0 atom stereocenters. The van der Waals surface area contributed by atoms with Crippen LogP contribution < -0.4 is 16.6 Å². The fourth-order valence-electron chi connectivity index (χ4n) is 1.49. The number of aliphatic imine (C=N–C) groups is 1. The highest BCUT2D eigenvalue weighted by Crippen LogP contribution is 2.14. The highest BCUT2D eigenvalue weighted by Gasteiger charge is 2.05. The number of hydrogen-bond donors (Lipinski definition) is 3. The molecule has 6 nitrogen and oxygen atoms in total. The molecule has 0 aliphatic heterocycles. The number of nitrogens with one attached hydrogen (secondary N) is 2. The van der Waals surface area contributed by atoms with Crippen LogP contribution >= 0.6 is 0 Å². The van der Waals surface area contributed by atoms with Crippen LogP contribution in [0, 0.1) is 18.6 Å². The van der Waals surface area contributed by atoms with Gasteiger partial charge >= 0.3 is 0 Å². The number of nitrogens with zero attached hydrogens (tertiary/aromatic N) is 2. The van der Waals surface area contributed by atoms with Crippen LogP contribution in [-0.4, -0.2) is 15.9 Å². The molecular weight excluding hydrogens is 268 g/mol. The van der Waals surface area contributed by atoms with Gasteiger partial charge in [0.1, 0.15) is 11.6 Å². The van der Waals surface area contributed by atoms with Gasteiger partial charge in [-0.2, -0.15) is 4.99 Å². The van der Waals surface area contributed by atoms with Gasteiger partial charge in [-0.25, -0.2) is 13.8 Å². The third-order valence-electron chi connectivity index (χ3n) is 2.28. The van der Waals surface area contributed by atoms with Gasteiger partial charge in [0.15, 0.2) is 0 Å². The highest BCUT2D eigenvalue weighted by molar-refractivity contribution is 5.93. The van der Waals surface area contributed by atoms with Crippen molar-refractivity contribution in [2.75, 3.05) is 5.32 Å². The first-order valence-corrected chi connectivity index (χ1v) is 5.58. The van der Waals surface area contributed by atoms with Crippen molar-refractivity contribution in [3.8, 4) is 0 Å². The topological polar surface area (TPSA) is 96.2 Å². The number of H-pyrrole nitrogens is 1. The van der Waals surface area contributed by atoms with E-state index in [-0.39, 0.29) is 23.2 Å². The van der Waals surface area contributed by atoms with Crippen molar-refractivity contribution in [2.45, 2.75) is 6.92 Å². The van der Waals surface area contributed by atoms with Crippen LogP contribution in [0.15, 0.2) is 34.1 Å². The van der Waals surface area contributed by atoms with Crippen molar-refractivity contribution in [3.63, 3.8) is 0 Å². The van der Waals surface area contributed by atoms with Crippen molar-refractivity contribution in [2.24, 2.45) is 10.7 Å². The number of anilines is 1. The molecule has 0 saturated carbocycles. The molecule has 1 aromatic heterocycles. The summed E-state index contributed by atoms with van der Waals surface area (Å²) < 4.78 is 26.1. The molecule has 0 aliphatic carbocycles. The summed E-state index contributed by atoms with van der Waals surface area (Å²) >= 11 is 0. The first kappa shape index (κ1) is 13.7. The van der Waals surface area contributed by atoms with E-state index >= 15 is 0 Å². The molecule has 0 spiro atoms. The summed E-state index contributed by atoms with van der Waals surface area (Å²) in [6, 6.07) is 4.26. The van der Waals surface area contributed by atoms with Crippen molar-refractivity contribution < 1.29 is 8.78 Å². The molecule has 0 bridgehead atoms. The highest BCUT2D eigenvalue weighted by atomic mass is 19.1. The van der Waals surface area contributed by atoms with Gasteiger partial charge in [0, 0.05) is 17.8 Å². The third kappa shape index (κ3) is 3.37.